The van der Waals surface area contributed by atoms with Crippen molar-refractivity contribution in [1.29, 1.82) is 0 Å². The van der Waals surface area contributed by atoms with Gasteiger partial charge in [-0.15, -0.1) is 0 Å². The van der Waals surface area contributed by atoms with Gasteiger partial charge >= 0.3 is 5.97 Å². The van der Waals surface area contributed by atoms with E-state index in [2.05, 4.69) is 10.3 Å². The molecule has 194 valence electrons. The number of amides is 3. The van der Waals surface area contributed by atoms with Gasteiger partial charge in [0, 0.05) is 30.2 Å². The number of fused-ring (bicyclic) bond motifs is 1. The van der Waals surface area contributed by atoms with Crippen molar-refractivity contribution in [3.63, 3.8) is 0 Å². The Morgan fingerprint density at radius 1 is 1.08 bits per heavy atom. The zero-order valence-electron chi connectivity index (χ0n) is 20.8. The standard InChI is InChI=1S/C26H35N5O5/c1-15(2)22(26(35)36)29-23(32)20-9-5-11-30(20)25(34)21-10-6-12-31(21)24(33)18(27)13-16-14-28-19-8-4-3-7-17(16)19/h3-4,7-8,14-15,18,20-22,28H,5-6,9-13,27H2,1-2H3,(H,29,32)(H,35,36). The molecule has 4 unspecified atom stereocenters. The monoisotopic (exact) mass is 497 g/mol. The number of nitrogens with one attached hydrogen (secondary N) is 2. The Morgan fingerprint density at radius 3 is 2.44 bits per heavy atom. The van der Waals surface area contributed by atoms with Crippen molar-refractivity contribution < 1.29 is 24.3 Å². The second-order valence-corrected chi connectivity index (χ2v) is 10.1. The minimum absolute atomic E-state index is 0.269. The normalized spacial score (nSPS) is 21.7. The van der Waals surface area contributed by atoms with Crippen LogP contribution in [0.2, 0.25) is 0 Å². The zero-order valence-corrected chi connectivity index (χ0v) is 20.8. The van der Waals surface area contributed by atoms with Crippen LogP contribution in [0, 0.1) is 5.92 Å². The highest BCUT2D eigenvalue weighted by molar-refractivity contribution is 5.95. The number of carboxylic acids is 1. The first-order valence-electron chi connectivity index (χ1n) is 12.6. The fourth-order valence-corrected chi connectivity index (χ4v) is 5.38. The number of para-hydroxylation sites is 1. The number of aliphatic carboxylic acids is 1. The summed E-state index contributed by atoms with van der Waals surface area (Å²) < 4.78 is 0. The molecule has 0 spiro atoms. The summed E-state index contributed by atoms with van der Waals surface area (Å²) in [5.74, 6) is -2.41. The molecule has 2 aliphatic heterocycles. The molecule has 3 heterocycles. The number of carbonyl (C=O) groups is 4. The van der Waals surface area contributed by atoms with Crippen LogP contribution in [0.4, 0.5) is 0 Å². The highest BCUT2D eigenvalue weighted by Crippen LogP contribution is 2.26. The van der Waals surface area contributed by atoms with E-state index in [9.17, 15) is 24.3 Å². The van der Waals surface area contributed by atoms with Crippen molar-refractivity contribution in [2.75, 3.05) is 13.1 Å². The number of likely N-dealkylation sites (tertiary alicyclic amines) is 2. The molecular formula is C26H35N5O5. The lowest BCUT2D eigenvalue weighted by atomic mass is 10.0. The van der Waals surface area contributed by atoms with Gasteiger partial charge in [-0.3, -0.25) is 14.4 Å². The Kier molecular flexibility index (Phi) is 7.63. The van der Waals surface area contributed by atoms with E-state index in [1.165, 1.54) is 4.90 Å². The maximum absolute atomic E-state index is 13.5. The van der Waals surface area contributed by atoms with Crippen LogP contribution in [0.5, 0.6) is 0 Å². The number of aromatic amines is 1. The third kappa shape index (κ3) is 5.09. The molecule has 0 bridgehead atoms. The number of nitrogens with two attached hydrogens (primary N) is 1. The number of carboxylic acid groups (broad SMARTS) is 1. The summed E-state index contributed by atoms with van der Waals surface area (Å²) in [5, 5.41) is 13.0. The van der Waals surface area contributed by atoms with E-state index in [1.54, 1.807) is 18.7 Å². The molecule has 5 N–H and O–H groups in total. The van der Waals surface area contributed by atoms with Gasteiger partial charge in [0.1, 0.15) is 18.1 Å². The van der Waals surface area contributed by atoms with Gasteiger partial charge in [0.25, 0.3) is 0 Å². The molecule has 1 aromatic carbocycles. The molecule has 36 heavy (non-hydrogen) atoms. The molecule has 2 aliphatic rings. The van der Waals surface area contributed by atoms with Crippen LogP contribution in [0.15, 0.2) is 30.5 Å². The van der Waals surface area contributed by atoms with Gasteiger partial charge in [-0.05, 0) is 49.7 Å². The molecule has 2 aromatic rings. The minimum atomic E-state index is -1.11. The maximum atomic E-state index is 13.5. The Balaban J connectivity index is 1.43. The van der Waals surface area contributed by atoms with Gasteiger partial charge < -0.3 is 30.9 Å². The molecule has 0 saturated carbocycles. The van der Waals surface area contributed by atoms with Gasteiger partial charge in [0.15, 0.2) is 0 Å². The number of hydrogen-bond acceptors (Lipinski definition) is 5. The van der Waals surface area contributed by atoms with Crippen LogP contribution < -0.4 is 11.1 Å². The van der Waals surface area contributed by atoms with Crippen LogP contribution in [-0.4, -0.2) is 80.8 Å². The van der Waals surface area contributed by atoms with Crippen LogP contribution in [0.1, 0.15) is 45.1 Å². The largest absolute Gasteiger partial charge is 0.480 e. The summed E-state index contributed by atoms with van der Waals surface area (Å²) in [5.41, 5.74) is 8.25. The molecule has 1 aromatic heterocycles. The summed E-state index contributed by atoms with van der Waals surface area (Å²) >= 11 is 0. The first kappa shape index (κ1) is 25.7. The summed E-state index contributed by atoms with van der Waals surface area (Å²) in [4.78, 5) is 57.6. The smallest absolute Gasteiger partial charge is 0.326 e. The maximum Gasteiger partial charge on any atom is 0.326 e. The molecular weight excluding hydrogens is 462 g/mol. The summed E-state index contributed by atoms with van der Waals surface area (Å²) in [6.07, 6.45) is 4.51. The predicted octanol–water partition coefficient (Wildman–Crippen LogP) is 1.25. The summed E-state index contributed by atoms with van der Waals surface area (Å²) in [7, 11) is 0. The van der Waals surface area contributed by atoms with Gasteiger partial charge in [0.2, 0.25) is 17.7 Å². The molecule has 4 rings (SSSR count). The number of aromatic nitrogens is 1. The molecule has 4 atom stereocenters. The number of rotatable bonds is 8. The SMILES string of the molecule is CC(C)C(NC(=O)C1CCCN1C(=O)C1CCCN1C(=O)C(N)Cc1c[nH]c2ccccc12)C(=O)O. The molecule has 10 heteroatoms. The lowest BCUT2D eigenvalue weighted by molar-refractivity contribution is -0.148. The Morgan fingerprint density at radius 2 is 1.75 bits per heavy atom. The van der Waals surface area contributed by atoms with Crippen molar-refractivity contribution >= 4 is 34.6 Å². The lowest BCUT2D eigenvalue weighted by Crippen LogP contribution is -2.57. The first-order chi connectivity index (χ1) is 17.2. The summed E-state index contributed by atoms with van der Waals surface area (Å²) in [6.45, 7) is 4.28. The third-order valence-electron chi connectivity index (χ3n) is 7.32. The Hall–Kier alpha value is -3.40. The topological polar surface area (TPSA) is 149 Å². The number of H-pyrrole nitrogens is 1. The highest BCUT2D eigenvalue weighted by Gasteiger charge is 2.43. The second kappa shape index (κ2) is 10.7. The van der Waals surface area contributed by atoms with Gasteiger partial charge in [-0.25, -0.2) is 4.79 Å². The number of hydrogen-bond donors (Lipinski definition) is 4. The third-order valence-corrected chi connectivity index (χ3v) is 7.32. The van der Waals surface area contributed by atoms with E-state index in [0.717, 1.165) is 16.5 Å². The fourth-order valence-electron chi connectivity index (χ4n) is 5.38. The van der Waals surface area contributed by atoms with Crippen molar-refractivity contribution in [1.82, 2.24) is 20.1 Å². The van der Waals surface area contributed by atoms with E-state index in [1.807, 2.05) is 30.5 Å². The number of benzene rings is 1. The fraction of sp³-hybridized carbons (Fsp3) is 0.538. The predicted molar refractivity (Wildman–Crippen MR) is 134 cm³/mol. The van der Waals surface area contributed by atoms with E-state index >= 15 is 0 Å². The second-order valence-electron chi connectivity index (χ2n) is 10.1. The van der Waals surface area contributed by atoms with E-state index in [-0.39, 0.29) is 17.7 Å². The van der Waals surface area contributed by atoms with Gasteiger partial charge in [-0.2, -0.15) is 0 Å². The quantitative estimate of drug-likeness (QED) is 0.431. The van der Waals surface area contributed by atoms with Gasteiger partial charge in [-0.1, -0.05) is 32.0 Å². The average Bonchev–Trinajstić information content (AvgIpc) is 3.61. The van der Waals surface area contributed by atoms with Crippen LogP contribution in [0.25, 0.3) is 10.9 Å². The molecule has 2 fully saturated rings. The van der Waals surface area contributed by atoms with E-state index in [0.29, 0.717) is 45.2 Å². The minimum Gasteiger partial charge on any atom is -0.480 e. The molecule has 10 nitrogen and oxygen atoms in total. The molecule has 2 saturated heterocycles. The van der Waals surface area contributed by atoms with Crippen molar-refractivity contribution in [2.24, 2.45) is 11.7 Å². The first-order valence-corrected chi connectivity index (χ1v) is 12.6. The Bertz CT molecular complexity index is 1140. The van der Waals surface area contributed by atoms with Crippen LogP contribution in [0.3, 0.4) is 0 Å². The van der Waals surface area contributed by atoms with Crippen LogP contribution >= 0.6 is 0 Å². The van der Waals surface area contributed by atoms with E-state index in [4.69, 9.17) is 5.73 Å². The zero-order chi connectivity index (χ0) is 26.0. The number of carbonyl (C=O) groups excluding carboxylic acids is 3. The molecule has 3 amide bonds. The highest BCUT2D eigenvalue weighted by atomic mass is 16.4. The van der Waals surface area contributed by atoms with E-state index < -0.39 is 36.0 Å². The number of nitrogens with zero attached hydrogens (tertiary/aromatic N) is 2. The lowest BCUT2D eigenvalue weighted by Gasteiger charge is -2.32. The van der Waals surface area contributed by atoms with Crippen molar-refractivity contribution in [3.05, 3.63) is 36.0 Å². The molecule has 0 aliphatic carbocycles. The van der Waals surface area contributed by atoms with Crippen molar-refractivity contribution in [2.45, 2.75) is 70.1 Å². The van der Waals surface area contributed by atoms with Crippen molar-refractivity contribution in [3.8, 4) is 0 Å². The Labute approximate surface area is 210 Å². The van der Waals surface area contributed by atoms with Crippen LogP contribution in [-0.2, 0) is 25.6 Å². The summed E-state index contributed by atoms with van der Waals surface area (Å²) in [6, 6.07) is 4.59. The molecule has 0 radical (unpaired) electrons. The van der Waals surface area contributed by atoms with Gasteiger partial charge in [0.05, 0.1) is 6.04 Å². The average molecular weight is 498 g/mol.